The molecular formula is C10H12Cl2N4. The van der Waals surface area contributed by atoms with Crippen molar-refractivity contribution in [3.05, 3.63) is 22.7 Å². The number of rotatable bonds is 3. The molecule has 0 saturated heterocycles. The van der Waals surface area contributed by atoms with Gasteiger partial charge in [0.05, 0.1) is 5.39 Å². The number of halogens is 2. The molecule has 2 aromatic heterocycles. The fourth-order valence-corrected chi connectivity index (χ4v) is 1.93. The van der Waals surface area contributed by atoms with Crippen LogP contribution in [0.3, 0.4) is 0 Å². The molecule has 0 atom stereocenters. The highest BCUT2D eigenvalue weighted by Crippen LogP contribution is 2.22. The van der Waals surface area contributed by atoms with E-state index in [1.807, 2.05) is 30.9 Å². The fourth-order valence-electron chi connectivity index (χ4n) is 1.49. The minimum Gasteiger partial charge on any atom is -0.331 e. The van der Waals surface area contributed by atoms with Gasteiger partial charge in [-0.3, -0.25) is 0 Å². The Bertz CT molecular complexity index is 507. The molecule has 0 aromatic carbocycles. The summed E-state index contributed by atoms with van der Waals surface area (Å²) < 4.78 is 2.02. The third-order valence-corrected chi connectivity index (χ3v) is 2.79. The lowest BCUT2D eigenvalue weighted by molar-refractivity contribution is 0.386. The zero-order chi connectivity index (χ0) is 11.7. The predicted molar refractivity (Wildman–Crippen MR) is 66.1 cm³/mol. The normalized spacial score (nSPS) is 11.6. The molecule has 2 heterocycles. The lowest BCUT2D eigenvalue weighted by Gasteiger charge is -2.10. The maximum atomic E-state index is 5.98. The van der Waals surface area contributed by atoms with Crippen LogP contribution in [-0.2, 0) is 6.54 Å². The largest absolute Gasteiger partial charge is 0.331 e. The van der Waals surface area contributed by atoms with E-state index >= 15 is 0 Å². The summed E-state index contributed by atoms with van der Waals surface area (Å²) in [5, 5.41) is 1.42. The van der Waals surface area contributed by atoms with Gasteiger partial charge >= 0.3 is 0 Å². The lowest BCUT2D eigenvalue weighted by Crippen LogP contribution is -2.18. The van der Waals surface area contributed by atoms with E-state index in [-0.39, 0.29) is 5.28 Å². The molecule has 4 nitrogen and oxygen atoms in total. The summed E-state index contributed by atoms with van der Waals surface area (Å²) in [4.78, 5) is 10.2. The smallest absolute Gasteiger partial charge is 0.225 e. The van der Waals surface area contributed by atoms with Crippen molar-refractivity contribution < 1.29 is 0 Å². The average Bonchev–Trinajstić information content (AvgIpc) is 2.58. The number of fused-ring (bicyclic) bond motifs is 1. The van der Waals surface area contributed by atoms with Crippen molar-refractivity contribution in [2.24, 2.45) is 0 Å². The van der Waals surface area contributed by atoms with Gasteiger partial charge in [-0.05, 0) is 31.8 Å². The van der Waals surface area contributed by atoms with Gasteiger partial charge in [-0.1, -0.05) is 11.6 Å². The highest BCUT2D eigenvalue weighted by Gasteiger charge is 2.09. The van der Waals surface area contributed by atoms with Gasteiger partial charge in [0.15, 0.2) is 0 Å². The zero-order valence-corrected chi connectivity index (χ0v) is 10.6. The first kappa shape index (κ1) is 11.6. The van der Waals surface area contributed by atoms with E-state index in [0.29, 0.717) is 5.15 Å². The van der Waals surface area contributed by atoms with Crippen molar-refractivity contribution >= 4 is 34.2 Å². The van der Waals surface area contributed by atoms with Gasteiger partial charge in [0, 0.05) is 19.3 Å². The quantitative estimate of drug-likeness (QED) is 0.626. The number of likely N-dealkylation sites (N-methyl/N-ethyl adjacent to an activating group) is 1. The summed E-state index contributed by atoms with van der Waals surface area (Å²) in [6.07, 6.45) is 1.95. The van der Waals surface area contributed by atoms with E-state index in [2.05, 4.69) is 14.9 Å². The topological polar surface area (TPSA) is 34.0 Å². The molecule has 0 aliphatic carbocycles. The van der Waals surface area contributed by atoms with E-state index in [1.54, 1.807) is 0 Å². The second-order valence-corrected chi connectivity index (χ2v) is 4.53. The molecular weight excluding hydrogens is 247 g/mol. The molecule has 0 fully saturated rings. The highest BCUT2D eigenvalue weighted by atomic mass is 35.5. The van der Waals surface area contributed by atoms with Crippen LogP contribution in [0.15, 0.2) is 12.3 Å². The van der Waals surface area contributed by atoms with Crippen LogP contribution in [0.1, 0.15) is 0 Å². The molecule has 86 valence electrons. The van der Waals surface area contributed by atoms with Crippen LogP contribution in [0.2, 0.25) is 10.4 Å². The first-order valence-electron chi connectivity index (χ1n) is 4.90. The van der Waals surface area contributed by atoms with E-state index in [0.717, 1.165) is 24.1 Å². The molecule has 0 aliphatic heterocycles. The van der Waals surface area contributed by atoms with Crippen LogP contribution in [-0.4, -0.2) is 40.1 Å². The maximum absolute atomic E-state index is 5.98. The molecule has 0 spiro atoms. The SMILES string of the molecule is CN(C)CCn1ccc2c(Cl)nc(Cl)nc21. The Kier molecular flexibility index (Phi) is 3.33. The number of aromatic nitrogens is 3. The highest BCUT2D eigenvalue weighted by molar-refractivity contribution is 6.35. The van der Waals surface area contributed by atoms with Crippen LogP contribution in [0, 0.1) is 0 Å². The van der Waals surface area contributed by atoms with Crippen LogP contribution in [0.25, 0.3) is 11.0 Å². The zero-order valence-electron chi connectivity index (χ0n) is 9.11. The molecule has 6 heteroatoms. The summed E-state index contributed by atoms with van der Waals surface area (Å²) in [5.41, 5.74) is 0.784. The summed E-state index contributed by atoms with van der Waals surface area (Å²) in [5.74, 6) is 0. The number of hydrogen-bond acceptors (Lipinski definition) is 3. The number of hydrogen-bond donors (Lipinski definition) is 0. The molecule has 0 N–H and O–H groups in total. The summed E-state index contributed by atoms with van der Waals surface area (Å²) in [6.45, 7) is 1.78. The first-order chi connectivity index (χ1) is 7.58. The third kappa shape index (κ3) is 2.29. The fraction of sp³-hybridized carbons (Fsp3) is 0.400. The first-order valence-corrected chi connectivity index (χ1v) is 5.66. The molecule has 0 unspecified atom stereocenters. The molecule has 0 aliphatic rings. The lowest BCUT2D eigenvalue weighted by atomic mass is 10.4. The van der Waals surface area contributed by atoms with E-state index in [1.165, 1.54) is 0 Å². The van der Waals surface area contributed by atoms with Gasteiger partial charge in [-0.15, -0.1) is 0 Å². The van der Waals surface area contributed by atoms with E-state index in [4.69, 9.17) is 23.2 Å². The Morgan fingerprint density at radius 1 is 1.31 bits per heavy atom. The monoisotopic (exact) mass is 258 g/mol. The Balaban J connectivity index is 2.40. The van der Waals surface area contributed by atoms with Gasteiger partial charge in [0.2, 0.25) is 5.28 Å². The molecule has 0 saturated carbocycles. The van der Waals surface area contributed by atoms with Gasteiger partial charge < -0.3 is 9.47 Å². The maximum Gasteiger partial charge on any atom is 0.225 e. The van der Waals surface area contributed by atoms with E-state index in [9.17, 15) is 0 Å². The summed E-state index contributed by atoms with van der Waals surface area (Å²) in [7, 11) is 4.06. The molecule has 0 amide bonds. The molecule has 2 rings (SSSR count). The predicted octanol–water partition coefficient (Wildman–Crippen LogP) is 2.30. The average molecular weight is 259 g/mol. The summed E-state index contributed by atoms with van der Waals surface area (Å²) in [6, 6.07) is 1.91. The Labute approximate surface area is 104 Å². The van der Waals surface area contributed by atoms with Crippen molar-refractivity contribution in [2.45, 2.75) is 6.54 Å². The van der Waals surface area contributed by atoms with Crippen molar-refractivity contribution in [2.75, 3.05) is 20.6 Å². The van der Waals surface area contributed by atoms with Crippen molar-refractivity contribution in [1.82, 2.24) is 19.4 Å². The van der Waals surface area contributed by atoms with E-state index < -0.39 is 0 Å². The van der Waals surface area contributed by atoms with Crippen LogP contribution < -0.4 is 0 Å². The molecule has 0 radical (unpaired) electrons. The number of nitrogens with zero attached hydrogens (tertiary/aromatic N) is 4. The summed E-state index contributed by atoms with van der Waals surface area (Å²) >= 11 is 11.8. The minimum absolute atomic E-state index is 0.183. The Morgan fingerprint density at radius 2 is 2.06 bits per heavy atom. The molecule has 16 heavy (non-hydrogen) atoms. The van der Waals surface area contributed by atoms with Gasteiger partial charge in [0.1, 0.15) is 10.8 Å². The second kappa shape index (κ2) is 4.57. The van der Waals surface area contributed by atoms with Gasteiger partial charge in [-0.25, -0.2) is 4.98 Å². The second-order valence-electron chi connectivity index (χ2n) is 3.83. The minimum atomic E-state index is 0.183. The Hall–Kier alpha value is -0.840. The van der Waals surface area contributed by atoms with Crippen molar-refractivity contribution in [3.8, 4) is 0 Å². The molecule has 2 aromatic rings. The van der Waals surface area contributed by atoms with Crippen molar-refractivity contribution in [1.29, 1.82) is 0 Å². The van der Waals surface area contributed by atoms with Gasteiger partial charge in [-0.2, -0.15) is 4.98 Å². The van der Waals surface area contributed by atoms with Crippen LogP contribution in [0.4, 0.5) is 0 Å². The van der Waals surface area contributed by atoms with Crippen LogP contribution in [0.5, 0.6) is 0 Å². The standard InChI is InChI=1S/C10H12Cl2N4/c1-15(2)5-6-16-4-3-7-8(11)13-10(12)14-9(7)16/h3-4H,5-6H2,1-2H3. The Morgan fingerprint density at radius 3 is 2.75 bits per heavy atom. The van der Waals surface area contributed by atoms with Crippen molar-refractivity contribution in [3.63, 3.8) is 0 Å². The van der Waals surface area contributed by atoms with Crippen LogP contribution >= 0.6 is 23.2 Å². The molecule has 0 bridgehead atoms. The third-order valence-electron chi connectivity index (χ3n) is 2.33. The van der Waals surface area contributed by atoms with Gasteiger partial charge in [0.25, 0.3) is 0 Å².